The van der Waals surface area contributed by atoms with Crippen molar-refractivity contribution < 1.29 is 14.0 Å². The van der Waals surface area contributed by atoms with Gasteiger partial charge in [0.25, 0.3) is 0 Å². The van der Waals surface area contributed by atoms with Crippen LogP contribution in [0.5, 0.6) is 0 Å². The van der Waals surface area contributed by atoms with E-state index >= 15 is 0 Å². The highest BCUT2D eigenvalue weighted by atomic mass is 19.1. The van der Waals surface area contributed by atoms with Crippen LogP contribution in [0, 0.1) is 5.82 Å². The fraction of sp³-hybridized carbons (Fsp3) is 0.263. The average molecular weight is 341 g/mol. The lowest BCUT2D eigenvalue weighted by Gasteiger charge is -2.19. The Balaban J connectivity index is 1.65. The van der Waals surface area contributed by atoms with Crippen LogP contribution >= 0.6 is 0 Å². The largest absolute Gasteiger partial charge is 0.352 e. The molecule has 3 amide bonds. The number of rotatable bonds is 6. The second kappa shape index (κ2) is 7.79. The molecular formula is C19H20FN3O2. The third kappa shape index (κ3) is 5.31. The Bertz CT molecular complexity index is 747. The summed E-state index contributed by atoms with van der Waals surface area (Å²) in [7, 11) is 0. The molecular weight excluding hydrogens is 321 g/mol. The van der Waals surface area contributed by atoms with Gasteiger partial charge in [-0.05, 0) is 36.6 Å². The summed E-state index contributed by atoms with van der Waals surface area (Å²) < 4.78 is 13.2. The van der Waals surface area contributed by atoms with Gasteiger partial charge in [-0.3, -0.25) is 4.79 Å². The van der Waals surface area contributed by atoms with E-state index in [1.54, 1.807) is 6.07 Å². The number of halogens is 1. The number of nitrogens with one attached hydrogen (secondary N) is 3. The summed E-state index contributed by atoms with van der Waals surface area (Å²) in [6.07, 6.45) is 2.33. The van der Waals surface area contributed by atoms with Crippen LogP contribution in [0.2, 0.25) is 0 Å². The molecule has 0 bridgehead atoms. The first-order chi connectivity index (χ1) is 12.1. The summed E-state index contributed by atoms with van der Waals surface area (Å²) in [5.41, 5.74) is 1.28. The van der Waals surface area contributed by atoms with E-state index in [4.69, 9.17) is 0 Å². The number of amides is 3. The van der Waals surface area contributed by atoms with Crippen LogP contribution < -0.4 is 16.0 Å². The predicted octanol–water partition coefficient (Wildman–Crippen LogP) is 2.84. The van der Waals surface area contributed by atoms with Gasteiger partial charge in [-0.15, -0.1) is 0 Å². The Morgan fingerprint density at radius 1 is 1.08 bits per heavy atom. The van der Waals surface area contributed by atoms with Gasteiger partial charge in [0.05, 0.1) is 0 Å². The van der Waals surface area contributed by atoms with E-state index in [2.05, 4.69) is 16.0 Å². The zero-order valence-corrected chi connectivity index (χ0v) is 13.7. The van der Waals surface area contributed by atoms with Gasteiger partial charge in [-0.1, -0.05) is 36.4 Å². The van der Waals surface area contributed by atoms with E-state index in [0.29, 0.717) is 12.1 Å². The van der Waals surface area contributed by atoms with Gasteiger partial charge in [0.2, 0.25) is 5.91 Å². The van der Waals surface area contributed by atoms with E-state index in [-0.39, 0.29) is 11.9 Å². The summed E-state index contributed by atoms with van der Waals surface area (Å²) in [5, 5.41) is 8.15. The molecule has 6 heteroatoms. The molecule has 25 heavy (non-hydrogen) atoms. The van der Waals surface area contributed by atoms with Crippen molar-refractivity contribution >= 4 is 17.6 Å². The predicted molar refractivity (Wildman–Crippen MR) is 93.7 cm³/mol. The molecule has 0 heterocycles. The van der Waals surface area contributed by atoms with Crippen molar-refractivity contribution in [2.75, 3.05) is 5.32 Å². The van der Waals surface area contributed by atoms with Crippen LogP contribution in [0.25, 0.3) is 0 Å². The van der Waals surface area contributed by atoms with E-state index in [1.807, 2.05) is 30.3 Å². The minimum absolute atomic E-state index is 0.207. The minimum Gasteiger partial charge on any atom is -0.352 e. The van der Waals surface area contributed by atoms with Gasteiger partial charge in [0.1, 0.15) is 11.9 Å². The maximum atomic E-state index is 13.2. The summed E-state index contributed by atoms with van der Waals surface area (Å²) in [6, 6.07) is 14.1. The number of hydrogen-bond donors (Lipinski definition) is 3. The topological polar surface area (TPSA) is 70.2 Å². The fourth-order valence-electron chi connectivity index (χ4n) is 2.48. The number of benzene rings is 2. The molecule has 1 aliphatic carbocycles. The smallest absolute Gasteiger partial charge is 0.319 e. The average Bonchev–Trinajstić information content (AvgIpc) is 3.39. The molecule has 1 aliphatic rings. The normalized spacial score (nSPS) is 14.4. The minimum atomic E-state index is -0.698. The summed E-state index contributed by atoms with van der Waals surface area (Å²) >= 11 is 0. The number of carbonyl (C=O) groups is 2. The maximum Gasteiger partial charge on any atom is 0.319 e. The van der Waals surface area contributed by atoms with E-state index < -0.39 is 17.9 Å². The number of carbonyl (C=O) groups excluding carboxylic acids is 2. The Hall–Kier alpha value is -2.89. The van der Waals surface area contributed by atoms with Crippen molar-refractivity contribution in [3.8, 4) is 0 Å². The Kier molecular flexibility index (Phi) is 5.28. The van der Waals surface area contributed by atoms with E-state index in [9.17, 15) is 14.0 Å². The lowest BCUT2D eigenvalue weighted by molar-refractivity contribution is -0.123. The zero-order chi connectivity index (χ0) is 17.6. The summed E-state index contributed by atoms with van der Waals surface area (Å²) in [5.74, 6) is -0.647. The monoisotopic (exact) mass is 341 g/mol. The number of anilines is 1. The molecule has 5 nitrogen and oxygen atoms in total. The molecule has 1 saturated carbocycles. The fourth-order valence-corrected chi connectivity index (χ4v) is 2.48. The lowest BCUT2D eigenvalue weighted by Crippen LogP contribution is -2.49. The standard InChI is InChI=1S/C19H20FN3O2/c20-14-7-4-8-16(12-14)22-19(25)23-17(18(24)21-15-9-10-15)11-13-5-2-1-3-6-13/h1-8,12,15,17H,9-11H2,(H,21,24)(H2,22,23,25)/t17-/m1/s1. The molecule has 2 aromatic rings. The van der Waals surface area contributed by atoms with Gasteiger partial charge < -0.3 is 16.0 Å². The van der Waals surface area contributed by atoms with Gasteiger partial charge in [-0.2, -0.15) is 0 Å². The molecule has 130 valence electrons. The highest BCUT2D eigenvalue weighted by Crippen LogP contribution is 2.19. The van der Waals surface area contributed by atoms with Crippen LogP contribution in [-0.2, 0) is 11.2 Å². The number of hydrogen-bond acceptors (Lipinski definition) is 2. The van der Waals surface area contributed by atoms with Crippen molar-refractivity contribution in [2.45, 2.75) is 31.3 Å². The second-order valence-electron chi connectivity index (χ2n) is 6.13. The number of urea groups is 1. The SMILES string of the molecule is O=C(Nc1cccc(F)c1)N[C@H](Cc1ccccc1)C(=O)NC1CC1. The van der Waals surface area contributed by atoms with Crippen LogP contribution in [-0.4, -0.2) is 24.0 Å². The molecule has 0 aromatic heterocycles. The Morgan fingerprint density at radius 2 is 1.84 bits per heavy atom. The highest BCUT2D eigenvalue weighted by Gasteiger charge is 2.28. The third-order valence-corrected chi connectivity index (χ3v) is 3.91. The molecule has 0 spiro atoms. The van der Waals surface area contributed by atoms with E-state index in [1.165, 1.54) is 18.2 Å². The van der Waals surface area contributed by atoms with Crippen molar-refractivity contribution in [1.82, 2.24) is 10.6 Å². The van der Waals surface area contributed by atoms with Crippen LogP contribution in [0.1, 0.15) is 18.4 Å². The molecule has 0 aliphatic heterocycles. The quantitative estimate of drug-likeness (QED) is 0.756. The molecule has 0 radical (unpaired) electrons. The second-order valence-corrected chi connectivity index (χ2v) is 6.13. The molecule has 0 unspecified atom stereocenters. The van der Waals surface area contributed by atoms with Crippen molar-refractivity contribution in [3.05, 3.63) is 66.0 Å². The molecule has 1 fully saturated rings. The van der Waals surface area contributed by atoms with Crippen molar-refractivity contribution in [2.24, 2.45) is 0 Å². The van der Waals surface area contributed by atoms with E-state index in [0.717, 1.165) is 18.4 Å². The first-order valence-corrected chi connectivity index (χ1v) is 8.27. The molecule has 0 saturated heterocycles. The first-order valence-electron chi connectivity index (χ1n) is 8.27. The summed E-state index contributed by atoms with van der Waals surface area (Å²) in [6.45, 7) is 0. The van der Waals surface area contributed by atoms with Crippen molar-refractivity contribution in [1.29, 1.82) is 0 Å². The van der Waals surface area contributed by atoms with Crippen LogP contribution in [0.4, 0.5) is 14.9 Å². The summed E-state index contributed by atoms with van der Waals surface area (Å²) in [4.78, 5) is 24.6. The van der Waals surface area contributed by atoms with Crippen LogP contribution in [0.15, 0.2) is 54.6 Å². The van der Waals surface area contributed by atoms with Gasteiger partial charge in [0.15, 0.2) is 0 Å². The van der Waals surface area contributed by atoms with Gasteiger partial charge in [-0.25, -0.2) is 9.18 Å². The zero-order valence-electron chi connectivity index (χ0n) is 13.7. The van der Waals surface area contributed by atoms with Gasteiger partial charge >= 0.3 is 6.03 Å². The highest BCUT2D eigenvalue weighted by molar-refractivity contribution is 5.94. The lowest BCUT2D eigenvalue weighted by atomic mass is 10.1. The molecule has 2 aromatic carbocycles. The van der Waals surface area contributed by atoms with Gasteiger partial charge in [0, 0.05) is 18.2 Å². The molecule has 3 rings (SSSR count). The third-order valence-electron chi connectivity index (χ3n) is 3.91. The maximum absolute atomic E-state index is 13.2. The van der Waals surface area contributed by atoms with Crippen molar-refractivity contribution in [3.63, 3.8) is 0 Å². The molecule has 1 atom stereocenters. The van der Waals surface area contributed by atoms with Crippen LogP contribution in [0.3, 0.4) is 0 Å². The Labute approximate surface area is 145 Å². The molecule has 3 N–H and O–H groups in total. The Morgan fingerprint density at radius 3 is 2.52 bits per heavy atom. The first kappa shape index (κ1) is 17.0.